The molecule has 2 rings (SSSR count). The molecular formula is C15H25N3OS. The predicted molar refractivity (Wildman–Crippen MR) is 82.6 cm³/mol. The Bertz CT molecular complexity index is 452. The molecule has 0 aromatic carbocycles. The summed E-state index contributed by atoms with van der Waals surface area (Å²) in [5.41, 5.74) is 5.97. The molecule has 1 fully saturated rings. The fourth-order valence-corrected chi connectivity index (χ4v) is 3.80. The zero-order chi connectivity index (χ0) is 14.6. The van der Waals surface area contributed by atoms with Gasteiger partial charge >= 0.3 is 0 Å². The van der Waals surface area contributed by atoms with Crippen molar-refractivity contribution in [3.05, 3.63) is 16.1 Å². The Kier molecular flexibility index (Phi) is 5.16. The van der Waals surface area contributed by atoms with Gasteiger partial charge in [-0.15, -0.1) is 11.3 Å². The molecule has 5 heteroatoms. The number of aromatic nitrogens is 1. The maximum atomic E-state index is 12.3. The number of thiazole rings is 1. The average Bonchev–Trinajstić information content (AvgIpc) is 2.86. The number of aryl methyl sites for hydroxylation is 1. The highest BCUT2D eigenvalue weighted by Crippen LogP contribution is 2.38. The lowest BCUT2D eigenvalue weighted by molar-refractivity contribution is -0.124. The third-order valence-electron chi connectivity index (χ3n) is 4.27. The van der Waals surface area contributed by atoms with Crippen molar-refractivity contribution in [2.24, 2.45) is 11.1 Å². The average molecular weight is 295 g/mol. The Morgan fingerprint density at radius 3 is 2.75 bits per heavy atom. The van der Waals surface area contributed by atoms with Gasteiger partial charge in [-0.05, 0) is 38.6 Å². The summed E-state index contributed by atoms with van der Waals surface area (Å²) >= 11 is 1.64. The molecule has 3 N–H and O–H groups in total. The van der Waals surface area contributed by atoms with E-state index >= 15 is 0 Å². The highest BCUT2D eigenvalue weighted by molar-refractivity contribution is 7.11. The van der Waals surface area contributed by atoms with Crippen LogP contribution < -0.4 is 11.1 Å². The van der Waals surface area contributed by atoms with Gasteiger partial charge in [-0.25, -0.2) is 4.98 Å². The number of carbonyl (C=O) groups is 1. The molecule has 4 nitrogen and oxygen atoms in total. The van der Waals surface area contributed by atoms with Crippen LogP contribution in [0.5, 0.6) is 0 Å². The quantitative estimate of drug-likeness (QED) is 0.877. The molecule has 1 atom stereocenters. The molecule has 0 radical (unpaired) electrons. The third-order valence-corrected chi connectivity index (χ3v) is 5.37. The molecule has 0 spiro atoms. The predicted octanol–water partition coefficient (Wildman–Crippen LogP) is 2.93. The van der Waals surface area contributed by atoms with Gasteiger partial charge in [0.2, 0.25) is 5.91 Å². The molecule has 1 aromatic rings. The molecule has 1 heterocycles. The molecule has 1 amide bonds. The second-order valence-corrected chi connectivity index (χ2v) is 7.31. The SMILES string of the molecule is Cc1cnc(C(C)NC(=O)CC2(CN)CCCCC2)s1. The Morgan fingerprint density at radius 1 is 1.50 bits per heavy atom. The molecule has 0 bridgehead atoms. The maximum Gasteiger partial charge on any atom is 0.221 e. The van der Waals surface area contributed by atoms with Gasteiger partial charge in [-0.1, -0.05) is 19.3 Å². The van der Waals surface area contributed by atoms with E-state index in [0.29, 0.717) is 13.0 Å². The van der Waals surface area contributed by atoms with E-state index < -0.39 is 0 Å². The third kappa shape index (κ3) is 3.79. The van der Waals surface area contributed by atoms with Crippen LogP contribution in [0.1, 0.15) is 61.4 Å². The van der Waals surface area contributed by atoms with Gasteiger partial charge in [0, 0.05) is 17.5 Å². The topological polar surface area (TPSA) is 68.0 Å². The number of nitrogens with one attached hydrogen (secondary N) is 1. The minimum Gasteiger partial charge on any atom is -0.347 e. The van der Waals surface area contributed by atoms with Crippen molar-refractivity contribution in [2.75, 3.05) is 6.54 Å². The van der Waals surface area contributed by atoms with E-state index in [1.165, 1.54) is 24.1 Å². The molecule has 20 heavy (non-hydrogen) atoms. The van der Waals surface area contributed by atoms with Gasteiger partial charge < -0.3 is 11.1 Å². The second-order valence-electron chi connectivity index (χ2n) is 6.04. The molecule has 1 aliphatic carbocycles. The lowest BCUT2D eigenvalue weighted by atomic mass is 9.71. The summed E-state index contributed by atoms with van der Waals surface area (Å²) < 4.78 is 0. The number of hydrogen-bond donors (Lipinski definition) is 2. The zero-order valence-corrected chi connectivity index (χ0v) is 13.3. The Hall–Kier alpha value is -0.940. The van der Waals surface area contributed by atoms with E-state index in [-0.39, 0.29) is 17.4 Å². The number of carbonyl (C=O) groups excluding carboxylic acids is 1. The molecule has 1 aromatic heterocycles. The highest BCUT2D eigenvalue weighted by Gasteiger charge is 2.33. The zero-order valence-electron chi connectivity index (χ0n) is 12.4. The molecular weight excluding hydrogens is 270 g/mol. The summed E-state index contributed by atoms with van der Waals surface area (Å²) in [6.45, 7) is 4.64. The molecule has 1 aliphatic rings. The largest absolute Gasteiger partial charge is 0.347 e. The fourth-order valence-electron chi connectivity index (χ4n) is 3.02. The number of hydrogen-bond acceptors (Lipinski definition) is 4. The van der Waals surface area contributed by atoms with Crippen LogP contribution in [-0.2, 0) is 4.79 Å². The summed E-state index contributed by atoms with van der Waals surface area (Å²) in [5, 5.41) is 4.04. The van der Waals surface area contributed by atoms with Crippen LogP contribution in [0.25, 0.3) is 0 Å². The standard InChI is InChI=1S/C15H25N3OS/c1-11-9-17-14(20-11)12(2)18-13(19)8-15(10-16)6-4-3-5-7-15/h9,12H,3-8,10,16H2,1-2H3,(H,18,19). The van der Waals surface area contributed by atoms with E-state index in [4.69, 9.17) is 5.73 Å². The summed E-state index contributed by atoms with van der Waals surface area (Å²) in [4.78, 5) is 17.8. The van der Waals surface area contributed by atoms with Crippen molar-refractivity contribution >= 4 is 17.2 Å². The summed E-state index contributed by atoms with van der Waals surface area (Å²) in [7, 11) is 0. The molecule has 112 valence electrons. The van der Waals surface area contributed by atoms with Gasteiger partial charge in [-0.2, -0.15) is 0 Å². The number of rotatable bonds is 5. The Morgan fingerprint density at radius 2 is 2.20 bits per heavy atom. The van der Waals surface area contributed by atoms with E-state index in [2.05, 4.69) is 10.3 Å². The van der Waals surface area contributed by atoms with Gasteiger partial charge in [0.15, 0.2) is 0 Å². The lowest BCUT2D eigenvalue weighted by Gasteiger charge is -2.35. The minimum absolute atomic E-state index is 0.0142. The van der Waals surface area contributed by atoms with Crippen LogP contribution in [0, 0.1) is 12.3 Å². The maximum absolute atomic E-state index is 12.3. The van der Waals surface area contributed by atoms with Crippen molar-refractivity contribution in [2.45, 2.75) is 58.4 Å². The Labute approximate surface area is 125 Å². The first-order valence-corrected chi connectivity index (χ1v) is 8.28. The van der Waals surface area contributed by atoms with Crippen molar-refractivity contribution in [1.82, 2.24) is 10.3 Å². The molecule has 1 unspecified atom stereocenters. The van der Waals surface area contributed by atoms with E-state index in [9.17, 15) is 4.79 Å². The fraction of sp³-hybridized carbons (Fsp3) is 0.733. The van der Waals surface area contributed by atoms with E-state index in [1.54, 1.807) is 11.3 Å². The van der Waals surface area contributed by atoms with E-state index in [0.717, 1.165) is 17.8 Å². The first-order chi connectivity index (χ1) is 9.54. The number of nitrogens with two attached hydrogens (primary N) is 1. The van der Waals surface area contributed by atoms with Gasteiger partial charge in [0.05, 0.1) is 6.04 Å². The summed E-state index contributed by atoms with van der Waals surface area (Å²) in [6.07, 6.45) is 8.25. The second kappa shape index (κ2) is 6.68. The van der Waals surface area contributed by atoms with Crippen LogP contribution in [0.15, 0.2) is 6.20 Å². The first-order valence-electron chi connectivity index (χ1n) is 7.46. The minimum atomic E-state index is -0.0142. The number of nitrogens with zero attached hydrogens (tertiary/aromatic N) is 1. The van der Waals surface area contributed by atoms with Crippen LogP contribution in [-0.4, -0.2) is 17.4 Å². The number of amides is 1. The van der Waals surface area contributed by atoms with Gasteiger partial charge in [0.25, 0.3) is 0 Å². The summed E-state index contributed by atoms with van der Waals surface area (Å²) in [5.74, 6) is 0.109. The van der Waals surface area contributed by atoms with Crippen LogP contribution in [0.4, 0.5) is 0 Å². The van der Waals surface area contributed by atoms with Crippen LogP contribution in [0.3, 0.4) is 0 Å². The van der Waals surface area contributed by atoms with Crippen molar-refractivity contribution in [3.8, 4) is 0 Å². The van der Waals surface area contributed by atoms with E-state index in [1.807, 2.05) is 20.0 Å². The van der Waals surface area contributed by atoms with Gasteiger partial charge in [-0.3, -0.25) is 4.79 Å². The van der Waals surface area contributed by atoms with Crippen molar-refractivity contribution in [1.29, 1.82) is 0 Å². The van der Waals surface area contributed by atoms with Gasteiger partial charge in [0.1, 0.15) is 5.01 Å². The van der Waals surface area contributed by atoms with Crippen molar-refractivity contribution in [3.63, 3.8) is 0 Å². The monoisotopic (exact) mass is 295 g/mol. The summed E-state index contributed by atoms with van der Waals surface area (Å²) in [6, 6.07) is -0.0142. The molecule has 0 saturated heterocycles. The van der Waals surface area contributed by atoms with Crippen LogP contribution in [0.2, 0.25) is 0 Å². The van der Waals surface area contributed by atoms with Crippen molar-refractivity contribution < 1.29 is 4.79 Å². The van der Waals surface area contributed by atoms with Crippen LogP contribution >= 0.6 is 11.3 Å². The molecule has 0 aliphatic heterocycles. The Balaban J connectivity index is 1.91. The lowest BCUT2D eigenvalue weighted by Crippen LogP contribution is -2.39. The molecule has 1 saturated carbocycles. The highest BCUT2D eigenvalue weighted by atomic mass is 32.1. The smallest absolute Gasteiger partial charge is 0.221 e. The normalized spacial score (nSPS) is 19.6. The first kappa shape index (κ1) is 15.4.